The third-order valence-electron chi connectivity index (χ3n) is 2.35. The number of hydrogen-bond donors (Lipinski definition) is 2. The highest BCUT2D eigenvalue weighted by atomic mass is 16.3. The topological polar surface area (TPSA) is 82.1 Å². The third kappa shape index (κ3) is 1.87. The lowest BCUT2D eigenvalue weighted by molar-refractivity contribution is 0.0767. The molecule has 16 heavy (non-hydrogen) atoms. The molecule has 0 fully saturated rings. The number of aliphatic hydroxyl groups excluding tert-OH is 1. The minimum absolute atomic E-state index is 0.0472. The van der Waals surface area contributed by atoms with Gasteiger partial charge >= 0.3 is 0 Å². The summed E-state index contributed by atoms with van der Waals surface area (Å²) < 4.78 is 0. The number of carbonyl (C=O) groups excluding carboxylic acids is 1. The molecule has 6 nitrogen and oxygen atoms in total. The summed E-state index contributed by atoms with van der Waals surface area (Å²) in [5, 5.41) is 19.1. The number of amides is 1. The number of benzene rings is 1. The molecule has 2 N–H and O–H groups in total. The summed E-state index contributed by atoms with van der Waals surface area (Å²) in [7, 11) is 1.64. The maximum Gasteiger partial charge on any atom is 0.253 e. The van der Waals surface area contributed by atoms with Crippen molar-refractivity contribution in [1.29, 1.82) is 0 Å². The number of aromatic amines is 1. The van der Waals surface area contributed by atoms with Gasteiger partial charge in [-0.15, -0.1) is 0 Å². The Kier molecular flexibility index (Phi) is 2.82. The Morgan fingerprint density at radius 2 is 2.19 bits per heavy atom. The van der Waals surface area contributed by atoms with Crippen LogP contribution in [0.1, 0.15) is 10.4 Å². The van der Waals surface area contributed by atoms with Gasteiger partial charge in [-0.05, 0) is 18.2 Å². The summed E-state index contributed by atoms with van der Waals surface area (Å²) in [5.41, 5.74) is 1.92. The predicted molar refractivity (Wildman–Crippen MR) is 57.9 cm³/mol. The molecule has 1 amide bonds. The lowest BCUT2D eigenvalue weighted by Gasteiger charge is -2.15. The molecule has 0 saturated carbocycles. The molecular formula is C10H12N4O2. The Balaban J connectivity index is 2.28. The number of likely N-dealkylation sites (N-methyl/N-ethyl adjacent to an activating group) is 1. The van der Waals surface area contributed by atoms with Gasteiger partial charge in [0.2, 0.25) is 0 Å². The van der Waals surface area contributed by atoms with E-state index in [0.29, 0.717) is 17.6 Å². The normalized spacial score (nSPS) is 10.6. The van der Waals surface area contributed by atoms with E-state index in [0.717, 1.165) is 5.52 Å². The average Bonchev–Trinajstić information content (AvgIpc) is 2.75. The van der Waals surface area contributed by atoms with Gasteiger partial charge in [0, 0.05) is 19.2 Å². The van der Waals surface area contributed by atoms with E-state index in [1.54, 1.807) is 25.2 Å². The van der Waals surface area contributed by atoms with Crippen molar-refractivity contribution in [3.8, 4) is 0 Å². The first-order valence-electron chi connectivity index (χ1n) is 4.89. The van der Waals surface area contributed by atoms with E-state index >= 15 is 0 Å². The maximum atomic E-state index is 11.9. The number of aliphatic hydroxyl groups is 1. The van der Waals surface area contributed by atoms with Crippen LogP contribution in [-0.2, 0) is 0 Å². The number of nitrogens with one attached hydrogen (secondary N) is 1. The lowest BCUT2D eigenvalue weighted by atomic mass is 10.2. The Morgan fingerprint density at radius 1 is 1.44 bits per heavy atom. The molecule has 1 aromatic carbocycles. The Bertz CT molecular complexity index is 508. The van der Waals surface area contributed by atoms with Crippen molar-refractivity contribution >= 4 is 16.9 Å². The van der Waals surface area contributed by atoms with E-state index in [1.807, 2.05) is 0 Å². The fraction of sp³-hybridized carbons (Fsp3) is 0.300. The van der Waals surface area contributed by atoms with Crippen LogP contribution in [0.25, 0.3) is 11.0 Å². The highest BCUT2D eigenvalue weighted by molar-refractivity contribution is 5.97. The molecule has 0 aliphatic carbocycles. The molecule has 1 aromatic heterocycles. The maximum absolute atomic E-state index is 11.9. The van der Waals surface area contributed by atoms with Crippen LogP contribution < -0.4 is 0 Å². The first-order valence-corrected chi connectivity index (χ1v) is 4.89. The van der Waals surface area contributed by atoms with Crippen LogP contribution in [0.3, 0.4) is 0 Å². The van der Waals surface area contributed by atoms with Crippen LogP contribution in [0.2, 0.25) is 0 Å². The van der Waals surface area contributed by atoms with Crippen LogP contribution in [-0.4, -0.2) is 51.5 Å². The monoisotopic (exact) mass is 220 g/mol. The molecule has 0 bridgehead atoms. The first-order chi connectivity index (χ1) is 7.72. The van der Waals surface area contributed by atoms with Crippen LogP contribution in [0, 0.1) is 0 Å². The minimum Gasteiger partial charge on any atom is -0.395 e. The smallest absolute Gasteiger partial charge is 0.253 e. The van der Waals surface area contributed by atoms with Gasteiger partial charge in [-0.2, -0.15) is 15.4 Å². The number of carbonyl (C=O) groups is 1. The second kappa shape index (κ2) is 4.28. The van der Waals surface area contributed by atoms with E-state index in [-0.39, 0.29) is 12.5 Å². The SMILES string of the molecule is CN(CCO)C(=O)c1ccc2n[nH]nc2c1. The fourth-order valence-corrected chi connectivity index (χ4v) is 1.45. The van der Waals surface area contributed by atoms with Crippen molar-refractivity contribution in [2.75, 3.05) is 20.2 Å². The molecule has 1 heterocycles. The van der Waals surface area contributed by atoms with Crippen molar-refractivity contribution in [3.05, 3.63) is 23.8 Å². The standard InChI is InChI=1S/C10H12N4O2/c1-14(4-5-15)10(16)7-2-3-8-9(6-7)12-13-11-8/h2-3,6,15H,4-5H2,1H3,(H,11,12,13). The van der Waals surface area contributed by atoms with Crippen molar-refractivity contribution < 1.29 is 9.90 Å². The number of H-pyrrole nitrogens is 1. The van der Waals surface area contributed by atoms with Gasteiger partial charge in [0.15, 0.2) is 0 Å². The van der Waals surface area contributed by atoms with E-state index in [2.05, 4.69) is 15.4 Å². The molecule has 6 heteroatoms. The van der Waals surface area contributed by atoms with Gasteiger partial charge in [-0.25, -0.2) is 0 Å². The predicted octanol–water partition coefficient (Wildman–Crippen LogP) is 0.0222. The number of rotatable bonds is 3. The van der Waals surface area contributed by atoms with Crippen LogP contribution in [0.5, 0.6) is 0 Å². The third-order valence-corrected chi connectivity index (χ3v) is 2.35. The first kappa shape index (κ1) is 10.6. The molecule has 0 aliphatic heterocycles. The second-order valence-electron chi connectivity index (χ2n) is 3.48. The van der Waals surface area contributed by atoms with Gasteiger partial charge in [0.1, 0.15) is 11.0 Å². The zero-order valence-electron chi connectivity index (χ0n) is 8.84. The summed E-state index contributed by atoms with van der Waals surface area (Å²) in [6, 6.07) is 5.11. The summed E-state index contributed by atoms with van der Waals surface area (Å²) in [6.45, 7) is 0.268. The van der Waals surface area contributed by atoms with Crippen molar-refractivity contribution in [1.82, 2.24) is 20.3 Å². The fourth-order valence-electron chi connectivity index (χ4n) is 1.45. The van der Waals surface area contributed by atoms with Gasteiger partial charge in [-0.1, -0.05) is 0 Å². The zero-order valence-corrected chi connectivity index (χ0v) is 8.84. The second-order valence-corrected chi connectivity index (χ2v) is 3.48. The summed E-state index contributed by atoms with van der Waals surface area (Å²) in [5.74, 6) is -0.140. The van der Waals surface area contributed by atoms with E-state index < -0.39 is 0 Å². The largest absolute Gasteiger partial charge is 0.395 e. The van der Waals surface area contributed by atoms with Crippen LogP contribution in [0.4, 0.5) is 0 Å². The molecule has 0 aliphatic rings. The minimum atomic E-state index is -0.140. The number of nitrogens with zero attached hydrogens (tertiary/aromatic N) is 3. The van der Waals surface area contributed by atoms with E-state index in [9.17, 15) is 4.79 Å². The average molecular weight is 220 g/mol. The molecule has 0 radical (unpaired) electrons. The summed E-state index contributed by atoms with van der Waals surface area (Å²) in [4.78, 5) is 13.3. The Labute approximate surface area is 91.9 Å². The van der Waals surface area contributed by atoms with Gasteiger partial charge in [0.25, 0.3) is 5.91 Å². The zero-order chi connectivity index (χ0) is 11.5. The highest BCUT2D eigenvalue weighted by Gasteiger charge is 2.12. The van der Waals surface area contributed by atoms with E-state index in [1.165, 1.54) is 4.90 Å². The Hall–Kier alpha value is -1.95. The van der Waals surface area contributed by atoms with Crippen LogP contribution in [0.15, 0.2) is 18.2 Å². The van der Waals surface area contributed by atoms with Crippen LogP contribution >= 0.6 is 0 Å². The van der Waals surface area contributed by atoms with Gasteiger partial charge < -0.3 is 10.0 Å². The van der Waals surface area contributed by atoms with E-state index in [4.69, 9.17) is 5.11 Å². The summed E-state index contributed by atoms with van der Waals surface area (Å²) in [6.07, 6.45) is 0. The molecule has 2 aromatic rings. The molecule has 0 spiro atoms. The van der Waals surface area contributed by atoms with Crippen molar-refractivity contribution in [2.24, 2.45) is 0 Å². The molecule has 0 unspecified atom stereocenters. The van der Waals surface area contributed by atoms with Gasteiger partial charge in [0.05, 0.1) is 6.61 Å². The lowest BCUT2D eigenvalue weighted by Crippen LogP contribution is -2.29. The molecule has 84 valence electrons. The number of aromatic nitrogens is 3. The molecule has 0 saturated heterocycles. The number of fused-ring (bicyclic) bond motifs is 1. The quantitative estimate of drug-likeness (QED) is 0.764. The van der Waals surface area contributed by atoms with Crippen molar-refractivity contribution in [2.45, 2.75) is 0 Å². The molecular weight excluding hydrogens is 208 g/mol. The highest BCUT2D eigenvalue weighted by Crippen LogP contribution is 2.11. The van der Waals surface area contributed by atoms with Crippen molar-refractivity contribution in [3.63, 3.8) is 0 Å². The molecule has 0 atom stereocenters. The Morgan fingerprint density at radius 3 is 2.94 bits per heavy atom. The van der Waals surface area contributed by atoms with Gasteiger partial charge in [-0.3, -0.25) is 4.79 Å². The number of hydrogen-bond acceptors (Lipinski definition) is 4. The summed E-state index contributed by atoms with van der Waals surface area (Å²) >= 11 is 0. The molecule has 2 rings (SSSR count).